The first-order valence-electron chi connectivity index (χ1n) is 7.36. The van der Waals surface area contributed by atoms with Crippen LogP contribution >= 0.6 is 23.1 Å². The Bertz CT molecular complexity index is 891. The lowest BCUT2D eigenvalue weighted by molar-refractivity contribution is -0.115. The highest BCUT2D eigenvalue weighted by molar-refractivity contribution is 8.00. The van der Waals surface area contributed by atoms with Gasteiger partial charge in [0.1, 0.15) is 11.3 Å². The zero-order valence-electron chi connectivity index (χ0n) is 13.2. The van der Waals surface area contributed by atoms with Crippen molar-refractivity contribution in [3.8, 4) is 5.69 Å². The van der Waals surface area contributed by atoms with Gasteiger partial charge in [-0.1, -0.05) is 30.0 Å². The van der Waals surface area contributed by atoms with Crippen LogP contribution in [0.5, 0.6) is 0 Å². The molecule has 3 rings (SSSR count). The number of nitrogens with two attached hydrogens (primary N) is 1. The fraction of sp³-hybridized carbons (Fsp3) is 0.125. The van der Waals surface area contributed by atoms with E-state index in [9.17, 15) is 9.59 Å². The maximum absolute atomic E-state index is 12.4. The normalized spacial score (nSPS) is 11.9. The number of primary amides is 1. The summed E-state index contributed by atoms with van der Waals surface area (Å²) in [5, 5.41) is 13.1. The van der Waals surface area contributed by atoms with Gasteiger partial charge in [0, 0.05) is 5.69 Å². The second-order valence-electron chi connectivity index (χ2n) is 5.10. The van der Waals surface area contributed by atoms with Crippen molar-refractivity contribution in [1.29, 1.82) is 0 Å². The molecular formula is C16H15N5O2S2. The van der Waals surface area contributed by atoms with E-state index in [1.54, 1.807) is 24.7 Å². The quantitative estimate of drug-likeness (QED) is 0.646. The number of rotatable bonds is 6. The summed E-state index contributed by atoms with van der Waals surface area (Å²) in [6, 6.07) is 11.2. The number of hydrogen-bond donors (Lipinski definition) is 2. The Kier molecular flexibility index (Phi) is 5.15. The van der Waals surface area contributed by atoms with E-state index in [0.29, 0.717) is 15.7 Å². The first kappa shape index (κ1) is 17.2. The number of carbonyl (C=O) groups is 2. The average molecular weight is 373 g/mol. The van der Waals surface area contributed by atoms with Crippen molar-refractivity contribution in [3.05, 3.63) is 53.7 Å². The number of aromatic nitrogens is 3. The molecule has 1 aromatic carbocycles. The van der Waals surface area contributed by atoms with Gasteiger partial charge in [-0.15, -0.1) is 21.5 Å². The number of nitrogens with one attached hydrogen (secondary N) is 1. The molecule has 0 radical (unpaired) electrons. The fourth-order valence-corrected chi connectivity index (χ4v) is 3.73. The van der Waals surface area contributed by atoms with Crippen LogP contribution in [0.3, 0.4) is 0 Å². The summed E-state index contributed by atoms with van der Waals surface area (Å²) in [4.78, 5) is 23.8. The fourth-order valence-electron chi connectivity index (χ4n) is 2.10. The molecule has 1 atom stereocenters. The molecule has 0 aliphatic heterocycles. The van der Waals surface area contributed by atoms with Crippen LogP contribution in [0.1, 0.15) is 17.3 Å². The van der Waals surface area contributed by atoms with Gasteiger partial charge in [-0.05, 0) is 30.5 Å². The largest absolute Gasteiger partial charge is 0.366 e. The summed E-state index contributed by atoms with van der Waals surface area (Å²) in [5.41, 5.74) is 6.52. The van der Waals surface area contributed by atoms with Crippen LogP contribution in [-0.4, -0.2) is 31.8 Å². The third kappa shape index (κ3) is 3.89. The molecule has 2 heterocycles. The standard InChI is InChI=1S/C16H15N5O2S2/c1-10(14(23)19-15-12(13(17)22)7-8-24-15)25-16-20-18-9-21(16)11-5-3-2-4-6-11/h2-10H,1H3,(H2,17,22)(H,19,23). The number of benzene rings is 1. The first-order valence-corrected chi connectivity index (χ1v) is 9.12. The van der Waals surface area contributed by atoms with E-state index in [4.69, 9.17) is 5.73 Å². The molecule has 0 fully saturated rings. The van der Waals surface area contributed by atoms with Crippen molar-refractivity contribution >= 4 is 39.9 Å². The number of para-hydroxylation sites is 1. The molecular weight excluding hydrogens is 358 g/mol. The average Bonchev–Trinajstić information content (AvgIpc) is 3.25. The molecule has 9 heteroatoms. The van der Waals surface area contributed by atoms with E-state index in [1.807, 2.05) is 34.9 Å². The van der Waals surface area contributed by atoms with E-state index in [1.165, 1.54) is 23.1 Å². The van der Waals surface area contributed by atoms with Crippen LogP contribution in [0.4, 0.5) is 5.00 Å². The van der Waals surface area contributed by atoms with Gasteiger partial charge in [0.15, 0.2) is 5.16 Å². The maximum Gasteiger partial charge on any atom is 0.251 e. The Morgan fingerprint density at radius 1 is 1.28 bits per heavy atom. The summed E-state index contributed by atoms with van der Waals surface area (Å²) < 4.78 is 1.81. The Morgan fingerprint density at radius 2 is 2.04 bits per heavy atom. The van der Waals surface area contributed by atoms with Gasteiger partial charge in [-0.3, -0.25) is 14.2 Å². The molecule has 7 nitrogen and oxygen atoms in total. The van der Waals surface area contributed by atoms with E-state index < -0.39 is 11.2 Å². The predicted molar refractivity (Wildman–Crippen MR) is 98.1 cm³/mol. The minimum Gasteiger partial charge on any atom is -0.366 e. The van der Waals surface area contributed by atoms with E-state index >= 15 is 0 Å². The van der Waals surface area contributed by atoms with Gasteiger partial charge in [0.05, 0.1) is 10.8 Å². The zero-order chi connectivity index (χ0) is 17.8. The monoisotopic (exact) mass is 373 g/mol. The van der Waals surface area contributed by atoms with E-state index in [2.05, 4.69) is 15.5 Å². The lowest BCUT2D eigenvalue weighted by Gasteiger charge is -2.12. The molecule has 0 aliphatic rings. The highest BCUT2D eigenvalue weighted by Crippen LogP contribution is 2.27. The number of hydrogen-bond acceptors (Lipinski definition) is 6. The van der Waals surface area contributed by atoms with Gasteiger partial charge in [-0.2, -0.15) is 0 Å². The van der Waals surface area contributed by atoms with Crippen LogP contribution in [0.25, 0.3) is 5.69 Å². The lowest BCUT2D eigenvalue weighted by Crippen LogP contribution is -2.24. The Balaban J connectivity index is 1.72. The second-order valence-corrected chi connectivity index (χ2v) is 7.32. The molecule has 3 N–H and O–H groups in total. The third-order valence-corrected chi connectivity index (χ3v) is 5.26. The Hall–Kier alpha value is -2.65. The minimum absolute atomic E-state index is 0.238. The number of anilines is 1. The molecule has 0 saturated carbocycles. The number of thioether (sulfide) groups is 1. The summed E-state index contributed by atoms with van der Waals surface area (Å²) >= 11 is 2.54. The molecule has 0 spiro atoms. The van der Waals surface area contributed by atoms with Crippen molar-refractivity contribution < 1.29 is 9.59 Å². The van der Waals surface area contributed by atoms with Gasteiger partial charge in [-0.25, -0.2) is 0 Å². The van der Waals surface area contributed by atoms with E-state index in [0.717, 1.165) is 5.69 Å². The van der Waals surface area contributed by atoms with Crippen molar-refractivity contribution in [3.63, 3.8) is 0 Å². The van der Waals surface area contributed by atoms with Crippen molar-refractivity contribution in [2.75, 3.05) is 5.32 Å². The molecule has 128 valence electrons. The van der Waals surface area contributed by atoms with Crippen molar-refractivity contribution in [2.45, 2.75) is 17.3 Å². The molecule has 0 aliphatic carbocycles. The van der Waals surface area contributed by atoms with Crippen LogP contribution in [0, 0.1) is 0 Å². The Morgan fingerprint density at radius 3 is 2.76 bits per heavy atom. The highest BCUT2D eigenvalue weighted by atomic mass is 32.2. The summed E-state index contributed by atoms with van der Waals surface area (Å²) in [5.74, 6) is -0.807. The zero-order valence-corrected chi connectivity index (χ0v) is 14.9. The molecule has 2 aromatic heterocycles. The number of nitrogens with zero attached hydrogens (tertiary/aromatic N) is 3. The Labute approximate surface area is 152 Å². The molecule has 25 heavy (non-hydrogen) atoms. The number of carbonyl (C=O) groups excluding carboxylic acids is 2. The second kappa shape index (κ2) is 7.49. The molecule has 1 unspecified atom stereocenters. The van der Waals surface area contributed by atoms with Gasteiger partial charge in [0.25, 0.3) is 5.91 Å². The molecule has 0 bridgehead atoms. The van der Waals surface area contributed by atoms with Crippen molar-refractivity contribution in [2.24, 2.45) is 5.73 Å². The first-order chi connectivity index (χ1) is 12.1. The van der Waals surface area contributed by atoms with Gasteiger partial charge in [0.2, 0.25) is 5.91 Å². The maximum atomic E-state index is 12.4. The predicted octanol–water partition coefficient (Wildman–Crippen LogP) is 2.55. The van der Waals surface area contributed by atoms with Crippen LogP contribution < -0.4 is 11.1 Å². The summed E-state index contributed by atoms with van der Waals surface area (Å²) in [7, 11) is 0. The number of amides is 2. The topological polar surface area (TPSA) is 103 Å². The lowest BCUT2D eigenvalue weighted by atomic mass is 10.3. The SMILES string of the molecule is CC(Sc1nncn1-c1ccccc1)C(=O)Nc1sccc1C(N)=O. The van der Waals surface area contributed by atoms with Crippen molar-refractivity contribution in [1.82, 2.24) is 14.8 Å². The van der Waals surface area contributed by atoms with E-state index in [-0.39, 0.29) is 5.91 Å². The van der Waals surface area contributed by atoms with Gasteiger partial charge >= 0.3 is 0 Å². The highest BCUT2D eigenvalue weighted by Gasteiger charge is 2.20. The minimum atomic E-state index is -0.569. The van der Waals surface area contributed by atoms with Crippen LogP contribution in [-0.2, 0) is 4.79 Å². The van der Waals surface area contributed by atoms with Crippen LogP contribution in [0.2, 0.25) is 0 Å². The third-order valence-electron chi connectivity index (χ3n) is 3.37. The molecule has 2 amide bonds. The summed E-state index contributed by atoms with van der Waals surface area (Å²) in [6.07, 6.45) is 1.60. The summed E-state index contributed by atoms with van der Waals surface area (Å²) in [6.45, 7) is 1.77. The molecule has 3 aromatic rings. The van der Waals surface area contributed by atoms with Gasteiger partial charge < -0.3 is 11.1 Å². The molecule has 0 saturated heterocycles. The van der Waals surface area contributed by atoms with Crippen LogP contribution in [0.15, 0.2) is 53.3 Å². The smallest absolute Gasteiger partial charge is 0.251 e. The number of thiophene rings is 1.